The zero-order chi connectivity index (χ0) is 16.9. The van der Waals surface area contributed by atoms with Crippen molar-refractivity contribution in [1.29, 1.82) is 0 Å². The zero-order valence-electron chi connectivity index (χ0n) is 13.5. The molecule has 0 nitrogen and oxygen atoms in total. The van der Waals surface area contributed by atoms with Crippen molar-refractivity contribution in [3.05, 3.63) is 83.4 Å². The van der Waals surface area contributed by atoms with Gasteiger partial charge in [0, 0.05) is 0 Å². The van der Waals surface area contributed by atoms with Gasteiger partial charge in [-0.15, -0.1) is 80.7 Å². The Kier molecular flexibility index (Phi) is 6.33. The van der Waals surface area contributed by atoms with E-state index < -0.39 is 20.8 Å². The van der Waals surface area contributed by atoms with Gasteiger partial charge >= 0.3 is 37.9 Å². The van der Waals surface area contributed by atoms with Crippen LogP contribution in [-0.2, 0) is 33.7 Å². The number of rotatable bonds is 3. The normalized spacial score (nSPS) is 10.5. The first-order chi connectivity index (χ1) is 11.7. The van der Waals surface area contributed by atoms with Gasteiger partial charge in [0.15, 0.2) is 0 Å². The Morgan fingerprint density at radius 2 is 1.62 bits per heavy atom. The molecule has 0 unspecified atom stereocenters. The molecule has 0 aromatic heterocycles. The van der Waals surface area contributed by atoms with E-state index in [1.807, 2.05) is 0 Å². The molecule has 0 saturated heterocycles. The average molecular weight is 433 g/mol. The summed E-state index contributed by atoms with van der Waals surface area (Å²) in [6, 6.07) is 24.5. The summed E-state index contributed by atoms with van der Waals surface area (Å²) < 4.78 is 0. The van der Waals surface area contributed by atoms with Crippen molar-refractivity contribution >= 4 is 38.6 Å². The fourth-order valence-corrected chi connectivity index (χ4v) is 3.31. The number of hydrogen-bond donors (Lipinski definition) is 0. The third-order valence-corrected chi connectivity index (χ3v) is 4.35. The van der Waals surface area contributed by atoms with E-state index in [1.165, 1.54) is 38.2 Å². The Bertz CT molecular complexity index is 900. The Hall–Kier alpha value is -0.877. The minimum atomic E-state index is -0.826. The van der Waals surface area contributed by atoms with E-state index >= 15 is 0 Å². The first-order valence-electron chi connectivity index (χ1n) is 7.97. The van der Waals surface area contributed by atoms with Crippen LogP contribution in [0.5, 0.6) is 0 Å². The van der Waals surface area contributed by atoms with Gasteiger partial charge in [-0.2, -0.15) is 12.1 Å². The maximum absolute atomic E-state index is 4.93. The second-order valence-electron chi connectivity index (χ2n) is 6.02. The maximum atomic E-state index is 4.93. The monoisotopic (exact) mass is 430 g/mol. The zero-order valence-corrected chi connectivity index (χ0v) is 17.5. The molecular formula is C21H18Cl2Zr. The molecule has 0 spiro atoms. The summed E-state index contributed by atoms with van der Waals surface area (Å²) in [6.07, 6.45) is 2.22. The fraction of sp³-hybridized carbons (Fsp3) is 0.143. The summed E-state index contributed by atoms with van der Waals surface area (Å²) >= 11 is -0.826. The summed E-state index contributed by atoms with van der Waals surface area (Å²) in [5.74, 6) is 0. The molecule has 0 radical (unpaired) electrons. The molecule has 0 aliphatic rings. The molecule has 0 N–H and O–H groups in total. The number of hydrogen-bond acceptors (Lipinski definition) is 0. The van der Waals surface area contributed by atoms with Gasteiger partial charge in [0.2, 0.25) is 0 Å². The third kappa shape index (κ3) is 4.20. The van der Waals surface area contributed by atoms with Gasteiger partial charge in [-0.05, 0) is 6.42 Å². The van der Waals surface area contributed by atoms with E-state index in [9.17, 15) is 0 Å². The molecule has 0 aliphatic carbocycles. The topological polar surface area (TPSA) is 0 Å². The van der Waals surface area contributed by atoms with E-state index in [4.69, 9.17) is 17.0 Å². The van der Waals surface area contributed by atoms with E-state index in [2.05, 4.69) is 73.7 Å². The van der Waals surface area contributed by atoms with E-state index in [-0.39, 0.29) is 0 Å². The molecule has 4 rings (SSSR count). The van der Waals surface area contributed by atoms with Crippen LogP contribution >= 0.6 is 17.0 Å². The van der Waals surface area contributed by atoms with Crippen LogP contribution in [0.3, 0.4) is 0 Å². The second-order valence-corrected chi connectivity index (χ2v) is 9.75. The second kappa shape index (κ2) is 8.48. The van der Waals surface area contributed by atoms with Crippen molar-refractivity contribution in [1.82, 2.24) is 0 Å². The van der Waals surface area contributed by atoms with Gasteiger partial charge in [-0.1, -0.05) is 25.5 Å². The van der Waals surface area contributed by atoms with Gasteiger partial charge in [0.25, 0.3) is 0 Å². The Morgan fingerprint density at radius 1 is 0.875 bits per heavy atom. The van der Waals surface area contributed by atoms with Crippen LogP contribution < -0.4 is 0 Å². The van der Waals surface area contributed by atoms with Gasteiger partial charge in [0.1, 0.15) is 0 Å². The minimum absolute atomic E-state index is 0.826. The van der Waals surface area contributed by atoms with E-state index in [1.54, 1.807) is 0 Å². The molecule has 0 saturated carbocycles. The summed E-state index contributed by atoms with van der Waals surface area (Å²) in [7, 11) is 9.87. The molecule has 0 amide bonds. The van der Waals surface area contributed by atoms with E-state index in [0.29, 0.717) is 0 Å². The number of fused-ring (bicyclic) bond motifs is 2. The van der Waals surface area contributed by atoms with Crippen molar-refractivity contribution < 1.29 is 20.8 Å². The van der Waals surface area contributed by atoms with Gasteiger partial charge in [-0.3, -0.25) is 0 Å². The Labute approximate surface area is 161 Å². The molecule has 4 aromatic carbocycles. The molecule has 0 fully saturated rings. The van der Waals surface area contributed by atoms with Gasteiger partial charge in [-0.25, -0.2) is 0 Å². The average Bonchev–Trinajstić information content (AvgIpc) is 3.15. The SMILES string of the molecule is Cc1cc2cccc(CCc3cc4ccccc4[cH-]3)c2[cH-]1.[Cl][Zr+2][Cl]. The number of aryl methyl sites for hydroxylation is 3. The van der Waals surface area contributed by atoms with Crippen molar-refractivity contribution in [3.63, 3.8) is 0 Å². The molecule has 0 atom stereocenters. The van der Waals surface area contributed by atoms with Crippen molar-refractivity contribution in [2.45, 2.75) is 19.8 Å². The standard InChI is InChI=1S/C21H18.2ClH.Zr/c1-15-11-20-8-4-7-17(21(20)12-15)10-9-16-13-18-5-2-3-6-19(18)14-16;;;/h2-8,11-14H,9-10H2,1H3;2*1H;/q-2;;;+4/p-2. The molecule has 0 bridgehead atoms. The number of benzene rings is 2. The van der Waals surface area contributed by atoms with Crippen molar-refractivity contribution in [2.24, 2.45) is 0 Å². The van der Waals surface area contributed by atoms with Crippen LogP contribution in [0, 0.1) is 6.92 Å². The first-order valence-corrected chi connectivity index (χ1v) is 14.3. The fourth-order valence-electron chi connectivity index (χ4n) is 3.31. The third-order valence-electron chi connectivity index (χ3n) is 4.35. The van der Waals surface area contributed by atoms with Crippen molar-refractivity contribution in [2.75, 3.05) is 0 Å². The molecule has 24 heavy (non-hydrogen) atoms. The molecular weight excluding hydrogens is 414 g/mol. The number of halogens is 2. The summed E-state index contributed by atoms with van der Waals surface area (Å²) in [6.45, 7) is 2.17. The van der Waals surface area contributed by atoms with Crippen LogP contribution in [0.1, 0.15) is 16.7 Å². The van der Waals surface area contributed by atoms with Crippen molar-refractivity contribution in [3.8, 4) is 0 Å². The van der Waals surface area contributed by atoms with Gasteiger partial charge in [0.05, 0.1) is 0 Å². The van der Waals surface area contributed by atoms with Crippen LogP contribution in [0.15, 0.2) is 66.7 Å². The molecule has 0 aliphatic heterocycles. The predicted octanol–water partition coefficient (Wildman–Crippen LogP) is 6.90. The Morgan fingerprint density at radius 3 is 2.42 bits per heavy atom. The van der Waals surface area contributed by atoms with E-state index in [0.717, 1.165) is 12.8 Å². The van der Waals surface area contributed by atoms with Crippen LogP contribution in [-0.4, -0.2) is 0 Å². The summed E-state index contributed by atoms with van der Waals surface area (Å²) in [5, 5.41) is 5.51. The molecule has 0 heterocycles. The summed E-state index contributed by atoms with van der Waals surface area (Å²) in [4.78, 5) is 0. The Balaban J connectivity index is 0.000000526. The first kappa shape index (κ1) is 17.9. The van der Waals surface area contributed by atoms with Gasteiger partial charge < -0.3 is 0 Å². The van der Waals surface area contributed by atoms with Crippen LogP contribution in [0.25, 0.3) is 21.5 Å². The molecule has 4 aromatic rings. The van der Waals surface area contributed by atoms with Crippen LogP contribution in [0.2, 0.25) is 0 Å². The predicted molar refractivity (Wildman–Crippen MR) is 103 cm³/mol. The quantitative estimate of drug-likeness (QED) is 0.309. The molecule has 120 valence electrons. The molecule has 3 heteroatoms. The van der Waals surface area contributed by atoms with Crippen LogP contribution in [0.4, 0.5) is 0 Å². The summed E-state index contributed by atoms with van der Waals surface area (Å²) in [5.41, 5.74) is 4.26.